The average Bonchev–Trinajstić information content (AvgIpc) is 2.91. The van der Waals surface area contributed by atoms with Crippen molar-refractivity contribution < 1.29 is 4.79 Å². The summed E-state index contributed by atoms with van der Waals surface area (Å²) in [6, 6.07) is 3.75. The summed E-state index contributed by atoms with van der Waals surface area (Å²) in [4.78, 5) is 21.2. The van der Waals surface area contributed by atoms with Crippen LogP contribution in [0.4, 0.5) is 5.82 Å². The largest absolute Gasteiger partial charge is 0.362 e. The highest BCUT2D eigenvalue weighted by atomic mass is 16.2. The van der Waals surface area contributed by atoms with Crippen LogP contribution in [0.5, 0.6) is 0 Å². The standard InChI is InChI=1S/C17H25N3O/c1-19(2)15-14(7-6-11-18-15)16(21)20-12-10-17(13-20)8-4-3-5-9-17/h6-7,11H,3-5,8-10,12-13H2,1-2H3. The summed E-state index contributed by atoms with van der Waals surface area (Å²) >= 11 is 0. The SMILES string of the molecule is CN(C)c1ncccc1C(=O)N1CCC2(CCCCC2)C1. The number of carbonyl (C=O) groups excluding carboxylic acids is 1. The van der Waals surface area contributed by atoms with Gasteiger partial charge in [0.25, 0.3) is 5.91 Å². The third-order valence-corrected chi connectivity index (χ3v) is 5.08. The molecular weight excluding hydrogens is 262 g/mol. The van der Waals surface area contributed by atoms with E-state index < -0.39 is 0 Å². The van der Waals surface area contributed by atoms with E-state index in [0.29, 0.717) is 5.41 Å². The molecule has 1 spiro atoms. The first-order valence-electron chi connectivity index (χ1n) is 8.03. The Balaban J connectivity index is 1.78. The second-order valence-corrected chi connectivity index (χ2v) is 6.81. The van der Waals surface area contributed by atoms with Crippen molar-refractivity contribution in [3.8, 4) is 0 Å². The number of likely N-dealkylation sites (tertiary alicyclic amines) is 1. The van der Waals surface area contributed by atoms with Crippen LogP contribution in [0.25, 0.3) is 0 Å². The minimum atomic E-state index is 0.147. The molecule has 1 aromatic heterocycles. The highest BCUT2D eigenvalue weighted by Gasteiger charge is 2.40. The fraction of sp³-hybridized carbons (Fsp3) is 0.647. The molecule has 2 aliphatic rings. The van der Waals surface area contributed by atoms with Crippen molar-refractivity contribution in [2.24, 2.45) is 5.41 Å². The van der Waals surface area contributed by atoms with Crippen molar-refractivity contribution in [3.63, 3.8) is 0 Å². The molecule has 1 saturated heterocycles. The zero-order valence-corrected chi connectivity index (χ0v) is 13.1. The molecule has 21 heavy (non-hydrogen) atoms. The van der Waals surface area contributed by atoms with E-state index in [-0.39, 0.29) is 5.91 Å². The van der Waals surface area contributed by atoms with Crippen LogP contribution in [-0.4, -0.2) is 43.0 Å². The van der Waals surface area contributed by atoms with Crippen molar-refractivity contribution in [2.45, 2.75) is 38.5 Å². The summed E-state index contributed by atoms with van der Waals surface area (Å²) in [6.07, 6.45) is 9.54. The molecule has 1 aromatic rings. The molecule has 2 heterocycles. The van der Waals surface area contributed by atoms with Crippen LogP contribution in [0.15, 0.2) is 18.3 Å². The molecule has 1 aliphatic carbocycles. The van der Waals surface area contributed by atoms with E-state index in [1.807, 2.05) is 31.1 Å². The lowest BCUT2D eigenvalue weighted by molar-refractivity contribution is 0.0759. The molecule has 1 amide bonds. The first kappa shape index (κ1) is 14.4. The predicted molar refractivity (Wildman–Crippen MR) is 84.6 cm³/mol. The number of carbonyl (C=O) groups is 1. The lowest BCUT2D eigenvalue weighted by Crippen LogP contribution is -2.34. The van der Waals surface area contributed by atoms with Crippen LogP contribution in [0.3, 0.4) is 0 Å². The normalized spacial score (nSPS) is 20.8. The maximum absolute atomic E-state index is 12.9. The van der Waals surface area contributed by atoms with E-state index >= 15 is 0 Å². The van der Waals surface area contributed by atoms with Gasteiger partial charge in [-0.25, -0.2) is 4.98 Å². The van der Waals surface area contributed by atoms with E-state index in [1.165, 1.54) is 38.5 Å². The Morgan fingerprint density at radius 2 is 2.00 bits per heavy atom. The second kappa shape index (κ2) is 5.66. The van der Waals surface area contributed by atoms with E-state index in [2.05, 4.69) is 9.88 Å². The van der Waals surface area contributed by atoms with Crippen LogP contribution < -0.4 is 4.90 Å². The number of hydrogen-bond acceptors (Lipinski definition) is 3. The van der Waals surface area contributed by atoms with Gasteiger partial charge in [0.1, 0.15) is 5.82 Å². The van der Waals surface area contributed by atoms with Gasteiger partial charge in [-0.15, -0.1) is 0 Å². The third-order valence-electron chi connectivity index (χ3n) is 5.08. The molecule has 0 aromatic carbocycles. The number of aromatic nitrogens is 1. The Kier molecular flexibility index (Phi) is 3.87. The van der Waals surface area contributed by atoms with Crippen LogP contribution in [-0.2, 0) is 0 Å². The highest BCUT2D eigenvalue weighted by molar-refractivity contribution is 5.99. The lowest BCUT2D eigenvalue weighted by atomic mass is 9.73. The highest BCUT2D eigenvalue weighted by Crippen LogP contribution is 2.44. The first-order chi connectivity index (χ1) is 10.1. The molecule has 4 heteroatoms. The fourth-order valence-corrected chi connectivity index (χ4v) is 3.91. The lowest BCUT2D eigenvalue weighted by Gasteiger charge is -2.33. The summed E-state index contributed by atoms with van der Waals surface area (Å²) < 4.78 is 0. The Bertz CT molecular complexity index is 521. The minimum Gasteiger partial charge on any atom is -0.362 e. The number of rotatable bonds is 2. The first-order valence-corrected chi connectivity index (χ1v) is 8.03. The Labute approximate surface area is 127 Å². The minimum absolute atomic E-state index is 0.147. The van der Waals surface area contributed by atoms with Crippen LogP contribution in [0.2, 0.25) is 0 Å². The molecule has 1 saturated carbocycles. The van der Waals surface area contributed by atoms with Gasteiger partial charge >= 0.3 is 0 Å². The molecule has 0 atom stereocenters. The Morgan fingerprint density at radius 3 is 2.71 bits per heavy atom. The summed E-state index contributed by atoms with van der Waals surface area (Å²) in [5.74, 6) is 0.918. The molecule has 1 aliphatic heterocycles. The molecule has 0 bridgehead atoms. The predicted octanol–water partition coefficient (Wildman–Crippen LogP) is 2.94. The zero-order valence-electron chi connectivity index (χ0n) is 13.1. The Morgan fingerprint density at radius 1 is 1.24 bits per heavy atom. The van der Waals surface area contributed by atoms with Gasteiger partial charge in [0.15, 0.2) is 0 Å². The average molecular weight is 287 g/mol. The maximum atomic E-state index is 12.9. The van der Waals surface area contributed by atoms with E-state index in [9.17, 15) is 4.79 Å². The van der Waals surface area contributed by atoms with Crippen molar-refractivity contribution in [2.75, 3.05) is 32.1 Å². The monoisotopic (exact) mass is 287 g/mol. The van der Waals surface area contributed by atoms with Crippen molar-refractivity contribution in [1.82, 2.24) is 9.88 Å². The van der Waals surface area contributed by atoms with Gasteiger partial charge < -0.3 is 9.80 Å². The van der Waals surface area contributed by atoms with Crippen molar-refractivity contribution in [3.05, 3.63) is 23.9 Å². The van der Waals surface area contributed by atoms with Gasteiger partial charge in [-0.2, -0.15) is 0 Å². The van der Waals surface area contributed by atoms with Gasteiger partial charge in [-0.05, 0) is 36.8 Å². The van der Waals surface area contributed by atoms with E-state index in [4.69, 9.17) is 0 Å². The number of pyridine rings is 1. The molecule has 0 unspecified atom stereocenters. The summed E-state index contributed by atoms with van der Waals surface area (Å²) in [5.41, 5.74) is 1.14. The van der Waals surface area contributed by atoms with Crippen molar-refractivity contribution in [1.29, 1.82) is 0 Å². The van der Waals surface area contributed by atoms with Gasteiger partial charge in [0.05, 0.1) is 5.56 Å². The quantitative estimate of drug-likeness (QED) is 0.839. The van der Waals surface area contributed by atoms with Gasteiger partial charge in [-0.3, -0.25) is 4.79 Å². The molecule has 4 nitrogen and oxygen atoms in total. The van der Waals surface area contributed by atoms with Crippen molar-refractivity contribution >= 4 is 11.7 Å². The fourth-order valence-electron chi connectivity index (χ4n) is 3.91. The van der Waals surface area contributed by atoms with Crippen LogP contribution >= 0.6 is 0 Å². The number of nitrogens with zero attached hydrogens (tertiary/aromatic N) is 3. The smallest absolute Gasteiger partial charge is 0.257 e. The summed E-state index contributed by atoms with van der Waals surface area (Å²) in [5, 5.41) is 0. The van der Waals surface area contributed by atoms with E-state index in [1.54, 1.807) is 6.20 Å². The van der Waals surface area contributed by atoms with Gasteiger partial charge in [-0.1, -0.05) is 19.3 Å². The number of anilines is 1. The number of amides is 1. The van der Waals surface area contributed by atoms with Crippen LogP contribution in [0, 0.1) is 5.41 Å². The van der Waals surface area contributed by atoms with E-state index in [0.717, 1.165) is 24.5 Å². The summed E-state index contributed by atoms with van der Waals surface area (Å²) in [7, 11) is 3.87. The number of hydrogen-bond donors (Lipinski definition) is 0. The third kappa shape index (κ3) is 2.76. The molecule has 2 fully saturated rings. The van der Waals surface area contributed by atoms with Gasteiger partial charge in [0.2, 0.25) is 0 Å². The Hall–Kier alpha value is -1.58. The second-order valence-electron chi connectivity index (χ2n) is 6.81. The summed E-state index contributed by atoms with van der Waals surface area (Å²) in [6.45, 7) is 1.84. The molecular formula is C17H25N3O. The topological polar surface area (TPSA) is 36.4 Å². The molecule has 114 valence electrons. The van der Waals surface area contributed by atoms with Gasteiger partial charge in [0, 0.05) is 33.4 Å². The maximum Gasteiger partial charge on any atom is 0.257 e. The van der Waals surface area contributed by atoms with Crippen LogP contribution in [0.1, 0.15) is 48.9 Å². The molecule has 0 N–H and O–H groups in total. The molecule has 0 radical (unpaired) electrons. The molecule has 3 rings (SSSR count). The zero-order chi connectivity index (χ0) is 14.9.